The molecule has 6 nitrogen and oxygen atoms in total. The Morgan fingerprint density at radius 3 is 2.86 bits per heavy atom. The number of esters is 1. The monoisotopic (exact) mass is 434 g/mol. The number of alkyl halides is 1. The molecular formula is C17H21F3N4O2S2. The number of aromatic nitrogens is 2. The van der Waals surface area contributed by atoms with Crippen molar-refractivity contribution in [1.29, 1.82) is 0 Å². The second kappa shape index (κ2) is 9.25. The molecule has 2 aliphatic rings. The fourth-order valence-corrected chi connectivity index (χ4v) is 4.28. The van der Waals surface area contributed by atoms with Crippen LogP contribution in [0, 0.1) is 17.8 Å². The predicted octanol–water partition coefficient (Wildman–Crippen LogP) is 5.09. The molecule has 4 atom stereocenters. The van der Waals surface area contributed by atoms with Crippen LogP contribution in [0.1, 0.15) is 32.6 Å². The molecule has 4 unspecified atom stereocenters. The minimum Gasteiger partial charge on any atom is -0.464 e. The van der Waals surface area contributed by atoms with Crippen molar-refractivity contribution < 1.29 is 21.7 Å². The molecule has 0 N–H and O–H groups in total. The fraction of sp³-hybridized carbons (Fsp3) is 0.588. The average Bonchev–Trinajstić information content (AvgIpc) is 2.94. The first-order chi connectivity index (χ1) is 13.5. The first kappa shape index (κ1) is 21.1. The number of hydrogen-bond donors (Lipinski definition) is 0. The van der Waals surface area contributed by atoms with Crippen molar-refractivity contribution in [2.24, 2.45) is 22.7 Å². The molecule has 0 amide bonds. The lowest BCUT2D eigenvalue weighted by atomic mass is 9.71. The van der Waals surface area contributed by atoms with E-state index in [2.05, 4.69) is 16.7 Å². The van der Waals surface area contributed by atoms with Gasteiger partial charge in [-0.3, -0.25) is 0 Å². The summed E-state index contributed by atoms with van der Waals surface area (Å²) < 4.78 is 46.8. The maximum atomic E-state index is 14.5. The largest absolute Gasteiger partial charge is 0.464 e. The van der Waals surface area contributed by atoms with Crippen molar-refractivity contribution in [2.75, 3.05) is 6.61 Å². The van der Waals surface area contributed by atoms with Crippen LogP contribution in [0.25, 0.3) is 5.82 Å². The van der Waals surface area contributed by atoms with E-state index >= 15 is 0 Å². The molecule has 154 valence electrons. The summed E-state index contributed by atoms with van der Waals surface area (Å²) in [6.45, 7) is 5.46. The van der Waals surface area contributed by atoms with Crippen LogP contribution < -0.4 is 0 Å². The van der Waals surface area contributed by atoms with Crippen molar-refractivity contribution in [1.82, 2.24) is 13.5 Å². The molecular weight excluding hydrogens is 413 g/mol. The number of hydrogen-bond acceptors (Lipinski definition) is 7. The molecule has 3 rings (SSSR count). The van der Waals surface area contributed by atoms with Crippen LogP contribution in [0.3, 0.4) is 0 Å². The van der Waals surface area contributed by atoms with Crippen LogP contribution >= 0.6 is 24.7 Å². The Bertz CT molecular complexity index is 757. The maximum absolute atomic E-state index is 14.5. The summed E-state index contributed by atoms with van der Waals surface area (Å²) in [7, 11) is 0. The van der Waals surface area contributed by atoms with E-state index in [1.165, 1.54) is 10.9 Å². The zero-order chi connectivity index (χ0) is 20.3. The molecule has 1 aromatic rings. The zero-order valence-electron chi connectivity index (χ0n) is 15.3. The van der Waals surface area contributed by atoms with Gasteiger partial charge in [-0.15, -0.1) is 7.77 Å². The molecule has 28 heavy (non-hydrogen) atoms. The summed E-state index contributed by atoms with van der Waals surface area (Å²) in [6.07, 6.45) is 2.60. The lowest BCUT2D eigenvalue weighted by Gasteiger charge is -2.35. The highest BCUT2D eigenvalue weighted by molar-refractivity contribution is 8.07. The van der Waals surface area contributed by atoms with Crippen molar-refractivity contribution in [3.63, 3.8) is 0 Å². The van der Waals surface area contributed by atoms with Gasteiger partial charge in [0.1, 0.15) is 5.82 Å². The first-order valence-corrected chi connectivity index (χ1v) is 10.3. The number of carbonyl (C=O) groups excluding carboxylic acids is 1. The van der Waals surface area contributed by atoms with Crippen LogP contribution in [0.2, 0.25) is 0 Å². The third kappa shape index (κ3) is 4.19. The van der Waals surface area contributed by atoms with E-state index in [1.54, 1.807) is 13.0 Å². The predicted molar refractivity (Wildman–Crippen MR) is 104 cm³/mol. The number of carbonyl (C=O) groups is 1. The van der Waals surface area contributed by atoms with Crippen molar-refractivity contribution in [3.8, 4) is 0 Å². The number of ether oxygens (including phenoxy) is 1. The minimum atomic E-state index is -1.62. The fourth-order valence-electron chi connectivity index (χ4n) is 3.88. The number of fused-ring (bicyclic) bond motifs is 2. The van der Waals surface area contributed by atoms with Gasteiger partial charge in [0.2, 0.25) is 0 Å². The molecule has 0 aromatic carbocycles. The molecule has 1 heterocycles. The van der Waals surface area contributed by atoms with Crippen LogP contribution in [0.15, 0.2) is 23.8 Å². The van der Waals surface area contributed by atoms with Gasteiger partial charge in [-0.2, -0.15) is 13.5 Å². The summed E-state index contributed by atoms with van der Waals surface area (Å²) in [6, 6.07) is 1.63. The summed E-state index contributed by atoms with van der Waals surface area (Å²) in [5.41, 5.74) is 0.917. The van der Waals surface area contributed by atoms with Crippen LogP contribution in [0.4, 0.5) is 18.0 Å². The maximum Gasteiger partial charge on any atom is 0.341 e. The lowest BCUT2D eigenvalue weighted by Crippen LogP contribution is -2.36. The number of halogens is 3. The number of rotatable bonds is 8. The first-order valence-electron chi connectivity index (χ1n) is 9.00. The van der Waals surface area contributed by atoms with Crippen LogP contribution in [-0.2, 0) is 9.53 Å². The molecule has 2 fully saturated rings. The van der Waals surface area contributed by atoms with E-state index < -0.39 is 12.1 Å². The third-order valence-corrected chi connectivity index (χ3v) is 6.26. The Kier molecular flexibility index (Phi) is 6.97. The van der Waals surface area contributed by atoms with Gasteiger partial charge in [-0.1, -0.05) is 6.58 Å². The van der Waals surface area contributed by atoms with E-state index in [0.29, 0.717) is 22.4 Å². The van der Waals surface area contributed by atoms with Gasteiger partial charge in [0.05, 0.1) is 12.8 Å². The molecule has 2 aliphatic carbocycles. The van der Waals surface area contributed by atoms with E-state index in [0.717, 1.165) is 18.6 Å². The Morgan fingerprint density at radius 2 is 2.18 bits per heavy atom. The third-order valence-electron chi connectivity index (χ3n) is 5.25. The van der Waals surface area contributed by atoms with E-state index in [1.807, 2.05) is 0 Å². The number of aliphatic imine (C=N–C) groups is 1. The summed E-state index contributed by atoms with van der Waals surface area (Å²) in [5.74, 6) is -0.513. The Morgan fingerprint density at radius 1 is 1.43 bits per heavy atom. The van der Waals surface area contributed by atoms with Crippen LogP contribution in [0.5, 0.6) is 0 Å². The van der Waals surface area contributed by atoms with Gasteiger partial charge in [0.15, 0.2) is 36.7 Å². The molecule has 0 spiro atoms. The van der Waals surface area contributed by atoms with Gasteiger partial charge in [0.25, 0.3) is 0 Å². The molecule has 0 aliphatic heterocycles. The highest BCUT2D eigenvalue weighted by Crippen LogP contribution is 2.46. The van der Waals surface area contributed by atoms with Gasteiger partial charge in [0, 0.05) is 17.7 Å². The van der Waals surface area contributed by atoms with Gasteiger partial charge in [-0.25, -0.2) is 14.2 Å². The highest BCUT2D eigenvalue weighted by Gasteiger charge is 2.44. The molecule has 0 saturated heterocycles. The van der Waals surface area contributed by atoms with Crippen molar-refractivity contribution >= 4 is 48.0 Å². The summed E-state index contributed by atoms with van der Waals surface area (Å²) >= 11 is -0.638. The molecule has 2 bridgehead atoms. The zero-order valence-corrected chi connectivity index (χ0v) is 16.9. The minimum absolute atomic E-state index is 0.0179. The van der Waals surface area contributed by atoms with Crippen molar-refractivity contribution in [2.45, 2.75) is 38.8 Å². The van der Waals surface area contributed by atoms with Gasteiger partial charge < -0.3 is 4.74 Å². The van der Waals surface area contributed by atoms with E-state index in [-0.39, 0.29) is 54.8 Å². The normalized spacial score (nSPS) is 26.3. The summed E-state index contributed by atoms with van der Waals surface area (Å²) in [5, 5.41) is 4.04. The van der Waals surface area contributed by atoms with E-state index in [4.69, 9.17) is 4.74 Å². The summed E-state index contributed by atoms with van der Waals surface area (Å²) in [4.78, 5) is 16.4. The van der Waals surface area contributed by atoms with Crippen LogP contribution in [-0.4, -0.2) is 38.0 Å². The highest BCUT2D eigenvalue weighted by atomic mass is 32.3. The average molecular weight is 435 g/mol. The Hall–Kier alpha value is -1.62. The second-order valence-corrected chi connectivity index (χ2v) is 8.04. The Labute approximate surface area is 170 Å². The van der Waals surface area contributed by atoms with E-state index in [9.17, 15) is 17.0 Å². The van der Waals surface area contributed by atoms with Crippen molar-refractivity contribution in [3.05, 3.63) is 18.8 Å². The second-order valence-electron chi connectivity index (χ2n) is 6.81. The molecule has 11 heteroatoms. The Balaban J connectivity index is 1.75. The molecule has 1 aromatic heterocycles. The van der Waals surface area contributed by atoms with Gasteiger partial charge in [-0.05, 0) is 44.4 Å². The smallest absolute Gasteiger partial charge is 0.341 e. The van der Waals surface area contributed by atoms with Gasteiger partial charge >= 0.3 is 5.97 Å². The standard InChI is InChI=1S/C17H21F3N4O2S2/c1-3-26-17(25)15(18)11-4-5-12-9-13(8-11)16(12)22-14-6-7-21-23(14)10(2)24(27-19)28-20/h6-7,11-13,15H,2-5,8-9H2,1H3/b22-16+. The quantitative estimate of drug-likeness (QED) is 0.420. The SMILES string of the molecule is C=C(N(SF)SF)n1nccc1/N=C1\C2CCC(C(F)C(=O)OCC)CC1C2. The molecule has 2 saturated carbocycles. The topological polar surface area (TPSA) is 59.7 Å². The molecule has 0 radical (unpaired) electrons. The number of nitrogens with zero attached hydrogens (tertiary/aromatic N) is 4. The lowest BCUT2D eigenvalue weighted by molar-refractivity contribution is -0.151.